The number of halogens is 1. The summed E-state index contributed by atoms with van der Waals surface area (Å²) in [5.74, 6) is -4.86. The second-order valence-corrected chi connectivity index (χ2v) is 9.93. The van der Waals surface area contributed by atoms with Gasteiger partial charge in [-0.2, -0.15) is 0 Å². The van der Waals surface area contributed by atoms with Gasteiger partial charge < -0.3 is 24.0 Å². The number of hydrogen-bond acceptors (Lipinski definition) is 10. The van der Waals surface area contributed by atoms with Crippen LogP contribution in [0.4, 0.5) is 15.8 Å². The molecule has 0 radical (unpaired) electrons. The van der Waals surface area contributed by atoms with Crippen molar-refractivity contribution in [2.75, 3.05) is 30.0 Å². The average Bonchev–Trinajstić information content (AvgIpc) is 3.48. The Bertz CT molecular complexity index is 1790. The van der Waals surface area contributed by atoms with Gasteiger partial charge in [0.2, 0.25) is 6.10 Å². The van der Waals surface area contributed by atoms with Gasteiger partial charge >= 0.3 is 17.7 Å². The second-order valence-electron chi connectivity index (χ2n) is 9.93. The van der Waals surface area contributed by atoms with E-state index < -0.39 is 47.5 Å². The SMILES string of the molecule is CC(=O)OC(C(=O)N(C)c1ccc(-c2noc(=O)[nH]2)c(F)c1)C1OCCN(c2cccc(C(=O)OCc3ccccc3)c2)C1=O. The van der Waals surface area contributed by atoms with Gasteiger partial charge in [-0.15, -0.1) is 0 Å². The maximum Gasteiger partial charge on any atom is 0.439 e. The Morgan fingerprint density at radius 3 is 2.56 bits per heavy atom. The summed E-state index contributed by atoms with van der Waals surface area (Å²) in [5.41, 5.74) is 1.31. The molecule has 1 aromatic heterocycles. The van der Waals surface area contributed by atoms with E-state index in [1.165, 1.54) is 30.1 Å². The first-order valence-corrected chi connectivity index (χ1v) is 13.7. The number of hydrogen-bond donors (Lipinski definition) is 1. The normalized spacial score (nSPS) is 15.3. The van der Waals surface area contributed by atoms with E-state index >= 15 is 0 Å². The Morgan fingerprint density at radius 2 is 1.87 bits per heavy atom. The summed E-state index contributed by atoms with van der Waals surface area (Å²) in [7, 11) is 1.31. The van der Waals surface area contributed by atoms with Crippen molar-refractivity contribution >= 4 is 35.1 Å². The summed E-state index contributed by atoms with van der Waals surface area (Å²) >= 11 is 0. The molecule has 1 aliphatic heterocycles. The van der Waals surface area contributed by atoms with Crippen LogP contribution in [0.2, 0.25) is 0 Å². The zero-order valence-electron chi connectivity index (χ0n) is 24.1. The molecule has 2 atom stereocenters. The minimum Gasteiger partial charge on any atom is -0.457 e. The number of rotatable bonds is 9. The monoisotopic (exact) mass is 618 g/mol. The molecule has 1 fully saturated rings. The molecule has 0 aliphatic carbocycles. The molecule has 1 aliphatic rings. The molecule has 1 N–H and O–H groups in total. The molecule has 2 unspecified atom stereocenters. The first-order chi connectivity index (χ1) is 21.6. The van der Waals surface area contributed by atoms with Crippen molar-refractivity contribution in [3.8, 4) is 11.4 Å². The van der Waals surface area contributed by atoms with Crippen molar-refractivity contribution in [3.05, 3.63) is 100 Å². The number of benzene rings is 3. The van der Waals surface area contributed by atoms with Gasteiger partial charge in [0, 0.05) is 31.9 Å². The Labute approximate surface area is 255 Å². The summed E-state index contributed by atoms with van der Waals surface area (Å²) in [4.78, 5) is 67.9. The maximum absolute atomic E-state index is 14.9. The van der Waals surface area contributed by atoms with Gasteiger partial charge in [-0.3, -0.25) is 23.9 Å². The third-order valence-electron chi connectivity index (χ3n) is 6.91. The zero-order chi connectivity index (χ0) is 32.1. The van der Waals surface area contributed by atoms with Gasteiger partial charge in [-0.05, 0) is 42.0 Å². The number of nitrogens with zero attached hydrogens (tertiary/aromatic N) is 3. The van der Waals surface area contributed by atoms with E-state index in [0.717, 1.165) is 23.5 Å². The van der Waals surface area contributed by atoms with Crippen LogP contribution in [0.1, 0.15) is 22.8 Å². The molecular formula is C31H27FN4O9. The van der Waals surface area contributed by atoms with Crippen LogP contribution in [-0.4, -0.2) is 66.3 Å². The number of morpholine rings is 1. The first kappa shape index (κ1) is 30.8. The smallest absolute Gasteiger partial charge is 0.439 e. The van der Waals surface area contributed by atoms with Crippen LogP contribution in [0, 0.1) is 5.82 Å². The number of esters is 2. The summed E-state index contributed by atoms with van der Waals surface area (Å²) in [5, 5.41) is 3.45. The fourth-order valence-corrected chi connectivity index (χ4v) is 4.68. The van der Waals surface area contributed by atoms with E-state index in [1.807, 2.05) is 30.3 Å². The number of ether oxygens (including phenoxy) is 3. The summed E-state index contributed by atoms with van der Waals surface area (Å²) in [6.07, 6.45) is -3.27. The van der Waals surface area contributed by atoms with E-state index in [4.69, 9.17) is 14.2 Å². The fraction of sp³-hybridized carbons (Fsp3) is 0.226. The minimum atomic E-state index is -1.73. The molecular weight excluding hydrogens is 591 g/mol. The molecule has 2 heterocycles. The predicted molar refractivity (Wildman–Crippen MR) is 156 cm³/mol. The molecule has 0 spiro atoms. The van der Waals surface area contributed by atoms with Crippen LogP contribution in [0.3, 0.4) is 0 Å². The molecule has 13 nitrogen and oxygen atoms in total. The maximum atomic E-state index is 14.9. The van der Waals surface area contributed by atoms with Crippen molar-refractivity contribution in [2.45, 2.75) is 25.7 Å². The summed E-state index contributed by atoms with van der Waals surface area (Å²) < 4.78 is 35.7. The lowest BCUT2D eigenvalue weighted by molar-refractivity contribution is -0.168. The quantitative estimate of drug-likeness (QED) is 0.276. The Morgan fingerprint density at radius 1 is 1.09 bits per heavy atom. The van der Waals surface area contributed by atoms with E-state index in [9.17, 15) is 28.4 Å². The van der Waals surface area contributed by atoms with Gasteiger partial charge in [0.05, 0.1) is 17.7 Å². The van der Waals surface area contributed by atoms with Gasteiger partial charge in [0.15, 0.2) is 11.9 Å². The third kappa shape index (κ3) is 6.96. The lowest BCUT2D eigenvalue weighted by atomic mass is 10.1. The molecule has 45 heavy (non-hydrogen) atoms. The Hall–Kier alpha value is -5.63. The fourth-order valence-electron chi connectivity index (χ4n) is 4.68. The molecule has 4 aromatic rings. The average molecular weight is 619 g/mol. The summed E-state index contributed by atoms with van der Waals surface area (Å²) in [6, 6.07) is 19.0. The summed E-state index contributed by atoms with van der Waals surface area (Å²) in [6.45, 7) is 1.20. The molecule has 1 saturated heterocycles. The van der Waals surface area contributed by atoms with Crippen molar-refractivity contribution in [1.29, 1.82) is 0 Å². The zero-order valence-corrected chi connectivity index (χ0v) is 24.1. The Kier molecular flexibility index (Phi) is 9.14. The standard InChI is InChI=1S/C31H27FN4O9/c1-18(37)44-26(28(38)35(2)21-11-12-23(24(32)16-21)27-33-31(41)45-34-27)25-29(39)36(13-14-42-25)22-10-6-9-20(15-22)30(40)43-17-19-7-4-3-5-8-19/h3-12,15-16,25-26H,13-14,17H2,1-2H3,(H,33,34,41). The number of carbonyl (C=O) groups excluding carboxylic acids is 4. The van der Waals surface area contributed by atoms with Crippen LogP contribution >= 0.6 is 0 Å². The van der Waals surface area contributed by atoms with Crippen LogP contribution in [-0.2, 0) is 35.2 Å². The highest BCUT2D eigenvalue weighted by Crippen LogP contribution is 2.27. The van der Waals surface area contributed by atoms with Crippen molar-refractivity contribution in [1.82, 2.24) is 10.1 Å². The number of anilines is 2. The highest BCUT2D eigenvalue weighted by Gasteiger charge is 2.44. The third-order valence-corrected chi connectivity index (χ3v) is 6.91. The number of H-pyrrole nitrogens is 1. The van der Waals surface area contributed by atoms with Crippen molar-refractivity contribution in [2.24, 2.45) is 0 Å². The molecule has 232 valence electrons. The van der Waals surface area contributed by atoms with Crippen LogP contribution in [0.15, 0.2) is 82.1 Å². The van der Waals surface area contributed by atoms with Gasteiger partial charge in [-0.1, -0.05) is 41.6 Å². The molecule has 0 bridgehead atoms. The predicted octanol–water partition coefficient (Wildman–Crippen LogP) is 2.85. The van der Waals surface area contributed by atoms with Crippen LogP contribution in [0.25, 0.3) is 11.4 Å². The van der Waals surface area contributed by atoms with E-state index in [1.54, 1.807) is 18.2 Å². The number of aromatic amines is 1. The molecule has 2 amide bonds. The molecule has 3 aromatic carbocycles. The van der Waals surface area contributed by atoms with E-state index in [2.05, 4.69) is 14.7 Å². The number of likely N-dealkylation sites (N-methyl/N-ethyl adjacent to an activating group) is 1. The number of carbonyl (C=O) groups is 4. The van der Waals surface area contributed by atoms with Crippen molar-refractivity contribution < 1.29 is 42.3 Å². The lowest BCUT2D eigenvalue weighted by Crippen LogP contribution is -2.58. The van der Waals surface area contributed by atoms with E-state index in [0.29, 0.717) is 5.69 Å². The van der Waals surface area contributed by atoms with Crippen molar-refractivity contribution in [3.63, 3.8) is 0 Å². The molecule has 5 rings (SSSR count). The van der Waals surface area contributed by atoms with Gasteiger partial charge in [-0.25, -0.2) is 14.0 Å². The van der Waals surface area contributed by atoms with Crippen LogP contribution < -0.4 is 15.6 Å². The molecule has 0 saturated carbocycles. The lowest BCUT2D eigenvalue weighted by Gasteiger charge is -2.36. The van der Waals surface area contributed by atoms with Gasteiger partial charge in [0.25, 0.3) is 11.8 Å². The topological polar surface area (TPSA) is 161 Å². The molecule has 14 heteroatoms. The highest BCUT2D eigenvalue weighted by molar-refractivity contribution is 6.05. The first-order valence-electron chi connectivity index (χ1n) is 13.7. The number of aromatic nitrogens is 2. The highest BCUT2D eigenvalue weighted by atomic mass is 19.1. The Balaban J connectivity index is 1.34. The number of amides is 2. The van der Waals surface area contributed by atoms with E-state index in [-0.39, 0.29) is 42.4 Å². The van der Waals surface area contributed by atoms with Crippen LogP contribution in [0.5, 0.6) is 0 Å². The largest absolute Gasteiger partial charge is 0.457 e. The van der Waals surface area contributed by atoms with Gasteiger partial charge in [0.1, 0.15) is 12.4 Å². The minimum absolute atomic E-state index is 0.0208. The second kappa shape index (κ2) is 13.3. The number of nitrogens with one attached hydrogen (secondary N) is 1.